The molecule has 1 atom stereocenters. The second-order valence-electron chi connectivity index (χ2n) is 4.77. The predicted octanol–water partition coefficient (Wildman–Crippen LogP) is 0.917. The number of aryl methyl sites for hydroxylation is 1. The average Bonchev–Trinajstić information content (AvgIpc) is 2.97. The second-order valence-corrected chi connectivity index (χ2v) is 4.77. The first-order chi connectivity index (χ1) is 8.66. The van der Waals surface area contributed by atoms with E-state index >= 15 is 0 Å². The Morgan fingerprint density at radius 3 is 3.00 bits per heavy atom. The van der Waals surface area contributed by atoms with E-state index in [9.17, 15) is 4.79 Å². The summed E-state index contributed by atoms with van der Waals surface area (Å²) in [6.45, 7) is 5.06. The van der Waals surface area contributed by atoms with Gasteiger partial charge in [0.15, 0.2) is 5.82 Å². The minimum atomic E-state index is -0.395. The van der Waals surface area contributed by atoms with Crippen LogP contribution in [0.15, 0.2) is 4.52 Å². The van der Waals surface area contributed by atoms with Gasteiger partial charge in [-0.25, -0.2) is 0 Å². The lowest BCUT2D eigenvalue weighted by atomic mass is 9.91. The molecule has 1 amide bonds. The number of rotatable bonds is 5. The molecule has 1 saturated heterocycles. The Hall–Kier alpha value is -1.43. The maximum atomic E-state index is 12.3. The number of aromatic nitrogens is 2. The molecule has 1 unspecified atom stereocenters. The summed E-state index contributed by atoms with van der Waals surface area (Å²) in [6, 6.07) is 0. The fraction of sp³-hybridized carbons (Fsp3) is 0.750. The first kappa shape index (κ1) is 13.0. The first-order valence-corrected chi connectivity index (χ1v) is 6.49. The normalized spacial score (nSPS) is 23.2. The molecular weight excluding hydrogens is 232 g/mol. The minimum Gasteiger partial charge on any atom is -0.347 e. The zero-order valence-electron chi connectivity index (χ0n) is 11.0. The summed E-state index contributed by atoms with van der Waals surface area (Å²) < 4.78 is 4.87. The SMILES string of the molecule is CCCC1(C(=O)NCc2noc(C)n2)CCCN1. The molecule has 2 heterocycles. The Morgan fingerprint density at radius 2 is 2.44 bits per heavy atom. The monoisotopic (exact) mass is 252 g/mol. The van der Waals surface area contributed by atoms with Gasteiger partial charge in [-0.1, -0.05) is 18.5 Å². The second kappa shape index (κ2) is 5.48. The van der Waals surface area contributed by atoms with E-state index in [-0.39, 0.29) is 5.91 Å². The number of hydrogen-bond donors (Lipinski definition) is 2. The maximum Gasteiger partial charge on any atom is 0.240 e. The standard InChI is InChI=1S/C12H20N4O2/c1-3-5-12(6-4-7-14-12)11(17)13-8-10-15-9(2)18-16-10/h14H,3-8H2,1-2H3,(H,13,17). The van der Waals surface area contributed by atoms with Crippen molar-refractivity contribution in [3.63, 3.8) is 0 Å². The Morgan fingerprint density at radius 1 is 1.61 bits per heavy atom. The summed E-state index contributed by atoms with van der Waals surface area (Å²) >= 11 is 0. The Bertz CT molecular complexity index is 410. The lowest BCUT2D eigenvalue weighted by Crippen LogP contribution is -2.53. The third-order valence-electron chi connectivity index (χ3n) is 3.33. The van der Waals surface area contributed by atoms with Crippen LogP contribution in [-0.4, -0.2) is 28.1 Å². The lowest BCUT2D eigenvalue weighted by Gasteiger charge is -2.27. The highest BCUT2D eigenvalue weighted by atomic mass is 16.5. The van der Waals surface area contributed by atoms with Crippen molar-refractivity contribution in [3.8, 4) is 0 Å². The van der Waals surface area contributed by atoms with E-state index in [1.54, 1.807) is 6.92 Å². The van der Waals surface area contributed by atoms with E-state index in [0.717, 1.165) is 32.2 Å². The van der Waals surface area contributed by atoms with E-state index < -0.39 is 5.54 Å². The van der Waals surface area contributed by atoms with Gasteiger partial charge < -0.3 is 15.2 Å². The van der Waals surface area contributed by atoms with Crippen LogP contribution in [0.3, 0.4) is 0 Å². The Labute approximate surface area is 107 Å². The highest BCUT2D eigenvalue weighted by Crippen LogP contribution is 2.24. The Balaban J connectivity index is 1.93. The molecule has 100 valence electrons. The molecule has 0 saturated carbocycles. The van der Waals surface area contributed by atoms with Crippen LogP contribution in [-0.2, 0) is 11.3 Å². The van der Waals surface area contributed by atoms with Crippen molar-refractivity contribution in [2.45, 2.75) is 51.6 Å². The molecule has 0 radical (unpaired) electrons. The number of nitrogens with one attached hydrogen (secondary N) is 2. The smallest absolute Gasteiger partial charge is 0.240 e. The molecule has 6 nitrogen and oxygen atoms in total. The molecule has 2 N–H and O–H groups in total. The van der Waals surface area contributed by atoms with Crippen LogP contribution >= 0.6 is 0 Å². The van der Waals surface area contributed by atoms with Crippen LogP contribution in [0.25, 0.3) is 0 Å². The molecule has 1 aromatic heterocycles. The largest absolute Gasteiger partial charge is 0.347 e. The molecule has 6 heteroatoms. The zero-order valence-corrected chi connectivity index (χ0v) is 11.0. The summed E-state index contributed by atoms with van der Waals surface area (Å²) in [5, 5.41) is 9.99. The van der Waals surface area contributed by atoms with Crippen LogP contribution < -0.4 is 10.6 Å². The number of nitrogens with zero attached hydrogens (tertiary/aromatic N) is 2. The third-order valence-corrected chi connectivity index (χ3v) is 3.33. The topological polar surface area (TPSA) is 80.1 Å². The first-order valence-electron chi connectivity index (χ1n) is 6.49. The summed E-state index contributed by atoms with van der Waals surface area (Å²) in [5.41, 5.74) is -0.395. The molecule has 0 spiro atoms. The van der Waals surface area contributed by atoms with Crippen molar-refractivity contribution >= 4 is 5.91 Å². The van der Waals surface area contributed by atoms with Gasteiger partial charge in [-0.15, -0.1) is 0 Å². The highest BCUT2D eigenvalue weighted by molar-refractivity contribution is 5.86. The molecule has 0 aromatic carbocycles. The molecule has 1 aliphatic rings. The van der Waals surface area contributed by atoms with Crippen LogP contribution in [0, 0.1) is 6.92 Å². The zero-order chi connectivity index (χ0) is 13.0. The van der Waals surface area contributed by atoms with Crippen LogP contribution in [0.1, 0.15) is 44.3 Å². The molecule has 2 rings (SSSR count). The van der Waals surface area contributed by atoms with E-state index in [1.165, 1.54) is 0 Å². The highest BCUT2D eigenvalue weighted by Gasteiger charge is 2.39. The number of carbonyl (C=O) groups excluding carboxylic acids is 1. The van der Waals surface area contributed by atoms with E-state index in [4.69, 9.17) is 4.52 Å². The lowest BCUT2D eigenvalue weighted by molar-refractivity contribution is -0.127. The van der Waals surface area contributed by atoms with E-state index in [1.807, 2.05) is 0 Å². The summed E-state index contributed by atoms with van der Waals surface area (Å²) in [6.07, 6.45) is 3.80. The average molecular weight is 252 g/mol. The van der Waals surface area contributed by atoms with Gasteiger partial charge in [-0.05, 0) is 25.8 Å². The van der Waals surface area contributed by atoms with Gasteiger partial charge in [-0.2, -0.15) is 4.98 Å². The van der Waals surface area contributed by atoms with Crippen molar-refractivity contribution in [1.29, 1.82) is 0 Å². The summed E-state index contributed by atoms with van der Waals surface area (Å²) in [4.78, 5) is 16.3. The summed E-state index contributed by atoms with van der Waals surface area (Å²) in [5.74, 6) is 1.08. The maximum absolute atomic E-state index is 12.3. The fourth-order valence-electron chi connectivity index (χ4n) is 2.50. The van der Waals surface area contributed by atoms with Gasteiger partial charge in [0.05, 0.1) is 12.1 Å². The van der Waals surface area contributed by atoms with Gasteiger partial charge in [-0.3, -0.25) is 4.79 Å². The van der Waals surface area contributed by atoms with Gasteiger partial charge in [0.25, 0.3) is 0 Å². The van der Waals surface area contributed by atoms with Crippen molar-refractivity contribution in [2.24, 2.45) is 0 Å². The third kappa shape index (κ3) is 2.69. The van der Waals surface area contributed by atoms with Gasteiger partial charge >= 0.3 is 0 Å². The van der Waals surface area contributed by atoms with Gasteiger partial charge in [0.1, 0.15) is 0 Å². The van der Waals surface area contributed by atoms with E-state index in [2.05, 4.69) is 27.7 Å². The molecule has 1 aromatic rings. The number of carbonyl (C=O) groups is 1. The molecule has 1 fully saturated rings. The predicted molar refractivity (Wildman–Crippen MR) is 65.8 cm³/mol. The minimum absolute atomic E-state index is 0.0457. The van der Waals surface area contributed by atoms with Gasteiger partial charge in [0, 0.05) is 6.92 Å². The number of hydrogen-bond acceptors (Lipinski definition) is 5. The van der Waals surface area contributed by atoms with Crippen molar-refractivity contribution in [1.82, 2.24) is 20.8 Å². The molecular formula is C12H20N4O2. The van der Waals surface area contributed by atoms with E-state index in [0.29, 0.717) is 18.3 Å². The van der Waals surface area contributed by atoms with Crippen LogP contribution in [0.4, 0.5) is 0 Å². The van der Waals surface area contributed by atoms with Crippen LogP contribution in [0.5, 0.6) is 0 Å². The molecule has 1 aliphatic heterocycles. The molecule has 18 heavy (non-hydrogen) atoms. The van der Waals surface area contributed by atoms with Crippen molar-refractivity contribution in [3.05, 3.63) is 11.7 Å². The van der Waals surface area contributed by atoms with Crippen molar-refractivity contribution < 1.29 is 9.32 Å². The molecule has 0 bridgehead atoms. The fourth-order valence-corrected chi connectivity index (χ4v) is 2.50. The number of amides is 1. The summed E-state index contributed by atoms with van der Waals surface area (Å²) in [7, 11) is 0. The van der Waals surface area contributed by atoms with Crippen LogP contribution in [0.2, 0.25) is 0 Å². The quantitative estimate of drug-likeness (QED) is 0.814. The molecule has 0 aliphatic carbocycles. The Kier molecular flexibility index (Phi) is 3.96. The van der Waals surface area contributed by atoms with Crippen molar-refractivity contribution in [2.75, 3.05) is 6.54 Å². The van der Waals surface area contributed by atoms with Gasteiger partial charge in [0.2, 0.25) is 11.8 Å².